The molecule has 0 radical (unpaired) electrons. The maximum atomic E-state index is 12.5. The monoisotopic (exact) mass is 309 g/mol. The minimum Gasteiger partial charge on any atom is -0.352 e. The molecule has 1 aromatic carbocycles. The van der Waals surface area contributed by atoms with E-state index in [9.17, 15) is 4.79 Å². The van der Waals surface area contributed by atoms with Crippen LogP contribution in [0.5, 0.6) is 0 Å². The van der Waals surface area contributed by atoms with Gasteiger partial charge in [0.2, 0.25) is 0 Å². The Bertz CT molecular complexity index is 680. The average Bonchev–Trinajstić information content (AvgIpc) is 3.30. The van der Waals surface area contributed by atoms with Gasteiger partial charge in [-0.05, 0) is 54.7 Å². The highest BCUT2D eigenvalue weighted by atomic mass is 16.1. The predicted octanol–water partition coefficient (Wildman–Crippen LogP) is 3.63. The molecule has 2 aliphatic rings. The molecule has 0 bridgehead atoms. The second-order valence-corrected chi connectivity index (χ2v) is 6.97. The van der Waals surface area contributed by atoms with Gasteiger partial charge < -0.3 is 5.32 Å². The van der Waals surface area contributed by atoms with Crippen molar-refractivity contribution in [3.05, 3.63) is 42.2 Å². The fourth-order valence-electron chi connectivity index (χ4n) is 4.51. The summed E-state index contributed by atoms with van der Waals surface area (Å²) in [5, 5.41) is 9.94. The first kappa shape index (κ1) is 14.5. The van der Waals surface area contributed by atoms with Crippen molar-refractivity contribution in [1.82, 2.24) is 15.5 Å². The molecule has 3 atom stereocenters. The number of aromatic nitrogens is 2. The summed E-state index contributed by atoms with van der Waals surface area (Å²) in [7, 11) is 0. The fraction of sp³-hybridized carbons (Fsp3) is 0.474. The molecule has 4 rings (SSSR count). The number of amides is 1. The summed E-state index contributed by atoms with van der Waals surface area (Å²) < 4.78 is 0. The van der Waals surface area contributed by atoms with Gasteiger partial charge in [-0.25, -0.2) is 0 Å². The number of hydrogen-bond acceptors (Lipinski definition) is 2. The van der Waals surface area contributed by atoms with E-state index in [0.717, 1.165) is 35.1 Å². The SMILES string of the molecule is O=C(NC[C@H]1CC[C@@H]2CCC[C@@H]21)c1cccc(-c2cn[nH]c2)c1. The molecule has 0 aliphatic heterocycles. The van der Waals surface area contributed by atoms with E-state index in [4.69, 9.17) is 0 Å². The maximum absolute atomic E-state index is 12.5. The zero-order valence-electron chi connectivity index (χ0n) is 13.3. The van der Waals surface area contributed by atoms with Gasteiger partial charge in [0.1, 0.15) is 0 Å². The number of hydrogen-bond donors (Lipinski definition) is 2. The Morgan fingerprint density at radius 1 is 1.22 bits per heavy atom. The van der Waals surface area contributed by atoms with Crippen molar-refractivity contribution in [2.45, 2.75) is 32.1 Å². The average molecular weight is 309 g/mol. The summed E-state index contributed by atoms with van der Waals surface area (Å²) >= 11 is 0. The highest BCUT2D eigenvalue weighted by Gasteiger charge is 2.38. The number of benzene rings is 1. The van der Waals surface area contributed by atoms with Crippen LogP contribution in [0.25, 0.3) is 11.1 Å². The van der Waals surface area contributed by atoms with Crippen molar-refractivity contribution in [3.8, 4) is 11.1 Å². The normalized spacial score (nSPS) is 26.2. The number of carbonyl (C=O) groups excluding carboxylic acids is 1. The third-order valence-corrected chi connectivity index (χ3v) is 5.71. The lowest BCUT2D eigenvalue weighted by molar-refractivity contribution is 0.0943. The highest BCUT2D eigenvalue weighted by molar-refractivity contribution is 5.95. The van der Waals surface area contributed by atoms with Crippen LogP contribution in [-0.2, 0) is 0 Å². The second-order valence-electron chi connectivity index (χ2n) is 6.97. The van der Waals surface area contributed by atoms with Gasteiger partial charge in [0.15, 0.2) is 0 Å². The summed E-state index contributed by atoms with van der Waals surface area (Å²) in [6.45, 7) is 0.829. The van der Waals surface area contributed by atoms with Crippen LogP contribution in [-0.4, -0.2) is 22.6 Å². The van der Waals surface area contributed by atoms with E-state index >= 15 is 0 Å². The third-order valence-electron chi connectivity index (χ3n) is 5.71. The Balaban J connectivity index is 1.40. The van der Waals surface area contributed by atoms with E-state index in [0.29, 0.717) is 5.92 Å². The molecule has 2 aliphatic carbocycles. The van der Waals surface area contributed by atoms with Gasteiger partial charge in [0.25, 0.3) is 5.91 Å². The number of rotatable bonds is 4. The van der Waals surface area contributed by atoms with Crippen LogP contribution in [0.15, 0.2) is 36.7 Å². The molecule has 1 aromatic heterocycles. The molecule has 4 heteroatoms. The zero-order chi connectivity index (χ0) is 15.6. The van der Waals surface area contributed by atoms with Crippen molar-refractivity contribution in [1.29, 1.82) is 0 Å². The van der Waals surface area contributed by atoms with E-state index < -0.39 is 0 Å². The molecule has 2 aromatic rings. The summed E-state index contributed by atoms with van der Waals surface area (Å²) in [6.07, 6.45) is 10.4. The molecule has 0 spiro atoms. The summed E-state index contributed by atoms with van der Waals surface area (Å²) in [6, 6.07) is 7.75. The highest BCUT2D eigenvalue weighted by Crippen LogP contribution is 2.47. The van der Waals surface area contributed by atoms with E-state index in [1.54, 1.807) is 6.20 Å². The number of nitrogens with zero attached hydrogens (tertiary/aromatic N) is 1. The van der Waals surface area contributed by atoms with Gasteiger partial charge in [0.05, 0.1) is 6.20 Å². The standard InChI is InChI=1S/C19H23N3O/c23-19(20-10-16-8-7-13-3-2-6-18(13)16)15-5-1-4-14(9-15)17-11-21-22-12-17/h1,4-5,9,11-13,16,18H,2-3,6-8,10H2,(H,20,23)(H,21,22)/t13-,16+,18-/m0/s1. The van der Waals surface area contributed by atoms with Crippen LogP contribution >= 0.6 is 0 Å². The lowest BCUT2D eigenvalue weighted by Gasteiger charge is -2.19. The maximum Gasteiger partial charge on any atom is 0.251 e. The van der Waals surface area contributed by atoms with Crippen LogP contribution < -0.4 is 5.32 Å². The summed E-state index contributed by atoms with van der Waals surface area (Å²) in [4.78, 5) is 12.5. The lowest BCUT2D eigenvalue weighted by Crippen LogP contribution is -2.31. The molecule has 2 N–H and O–H groups in total. The molecular weight excluding hydrogens is 286 g/mol. The van der Waals surface area contributed by atoms with Gasteiger partial charge >= 0.3 is 0 Å². The first-order valence-electron chi connectivity index (χ1n) is 8.68. The molecule has 1 heterocycles. The van der Waals surface area contributed by atoms with Crippen LogP contribution in [0.4, 0.5) is 0 Å². The molecule has 0 saturated heterocycles. The van der Waals surface area contributed by atoms with Gasteiger partial charge in [0, 0.05) is 23.9 Å². The van der Waals surface area contributed by atoms with Crippen molar-refractivity contribution < 1.29 is 4.79 Å². The van der Waals surface area contributed by atoms with Gasteiger partial charge in [-0.3, -0.25) is 9.89 Å². The lowest BCUT2D eigenvalue weighted by atomic mass is 9.92. The van der Waals surface area contributed by atoms with Crippen molar-refractivity contribution in [2.24, 2.45) is 17.8 Å². The van der Waals surface area contributed by atoms with Crippen LogP contribution in [0, 0.1) is 17.8 Å². The quantitative estimate of drug-likeness (QED) is 0.906. The third kappa shape index (κ3) is 2.90. The Labute approximate surface area is 136 Å². The molecule has 1 amide bonds. The van der Waals surface area contributed by atoms with Crippen molar-refractivity contribution >= 4 is 5.91 Å². The number of aromatic amines is 1. The van der Waals surface area contributed by atoms with E-state index in [1.165, 1.54) is 32.1 Å². The van der Waals surface area contributed by atoms with Crippen LogP contribution in [0.2, 0.25) is 0 Å². The van der Waals surface area contributed by atoms with Gasteiger partial charge in [-0.1, -0.05) is 25.0 Å². The second kappa shape index (κ2) is 6.19. The molecule has 2 fully saturated rings. The predicted molar refractivity (Wildman–Crippen MR) is 89.9 cm³/mol. The Morgan fingerprint density at radius 2 is 2.17 bits per heavy atom. The molecule has 2 saturated carbocycles. The molecule has 23 heavy (non-hydrogen) atoms. The smallest absolute Gasteiger partial charge is 0.251 e. The molecule has 0 unspecified atom stereocenters. The number of H-pyrrole nitrogens is 1. The van der Waals surface area contributed by atoms with Crippen molar-refractivity contribution in [3.63, 3.8) is 0 Å². The molecule has 4 nitrogen and oxygen atoms in total. The Morgan fingerprint density at radius 3 is 3.04 bits per heavy atom. The number of nitrogens with one attached hydrogen (secondary N) is 2. The first-order valence-corrected chi connectivity index (χ1v) is 8.68. The summed E-state index contributed by atoms with van der Waals surface area (Å²) in [5.74, 6) is 2.51. The van der Waals surface area contributed by atoms with Gasteiger partial charge in [-0.15, -0.1) is 0 Å². The molecule has 120 valence electrons. The Kier molecular flexibility index (Phi) is 3.90. The number of fused-ring (bicyclic) bond motifs is 1. The zero-order valence-corrected chi connectivity index (χ0v) is 13.3. The minimum atomic E-state index is 0.0387. The van der Waals surface area contributed by atoms with Crippen molar-refractivity contribution in [2.75, 3.05) is 6.54 Å². The largest absolute Gasteiger partial charge is 0.352 e. The Hall–Kier alpha value is -2.10. The van der Waals surface area contributed by atoms with E-state index in [2.05, 4.69) is 15.5 Å². The topological polar surface area (TPSA) is 57.8 Å². The minimum absolute atomic E-state index is 0.0387. The van der Waals surface area contributed by atoms with Crippen LogP contribution in [0.1, 0.15) is 42.5 Å². The summed E-state index contributed by atoms with van der Waals surface area (Å²) in [5.41, 5.74) is 2.75. The molecular formula is C19H23N3O. The fourth-order valence-corrected chi connectivity index (χ4v) is 4.51. The first-order chi connectivity index (χ1) is 11.3. The van der Waals surface area contributed by atoms with E-state index in [1.807, 2.05) is 30.5 Å². The van der Waals surface area contributed by atoms with E-state index in [-0.39, 0.29) is 5.91 Å². The van der Waals surface area contributed by atoms with Gasteiger partial charge in [-0.2, -0.15) is 5.10 Å². The number of carbonyl (C=O) groups is 1. The van der Waals surface area contributed by atoms with Crippen LogP contribution in [0.3, 0.4) is 0 Å².